The molecule has 0 amide bonds. The number of rotatable bonds is 7. The van der Waals surface area contributed by atoms with Crippen LogP contribution in [0.5, 0.6) is 0 Å². The monoisotopic (exact) mass is 267 g/mol. The summed E-state index contributed by atoms with van der Waals surface area (Å²) in [5, 5.41) is 0. The Morgan fingerprint density at radius 1 is 1.61 bits per heavy atom. The zero-order valence-corrected chi connectivity index (χ0v) is 12.0. The summed E-state index contributed by atoms with van der Waals surface area (Å²) >= 11 is 5.03. The molecule has 1 heterocycles. The smallest absolute Gasteiger partial charge is 0.123 e. The van der Waals surface area contributed by atoms with Gasteiger partial charge in [0.1, 0.15) is 10.7 Å². The highest BCUT2D eigenvalue weighted by atomic mass is 32.1. The molecule has 1 rings (SSSR count). The first kappa shape index (κ1) is 15.0. The fraction of sp³-hybridized carbons (Fsp3) is 0.538. The van der Waals surface area contributed by atoms with E-state index in [4.69, 9.17) is 22.7 Å². The van der Waals surface area contributed by atoms with Crippen molar-refractivity contribution in [1.82, 2.24) is 9.88 Å². The molecule has 0 aliphatic carbocycles. The van der Waals surface area contributed by atoms with Crippen LogP contribution in [0.2, 0.25) is 0 Å². The number of pyridine rings is 1. The van der Waals surface area contributed by atoms with Crippen LogP contribution in [0.15, 0.2) is 18.3 Å². The summed E-state index contributed by atoms with van der Waals surface area (Å²) in [4.78, 5) is 6.90. The molecule has 0 aromatic carbocycles. The minimum absolute atomic E-state index is 0.347. The highest BCUT2D eigenvalue weighted by Gasteiger charge is 2.15. The SMILES string of the molecule is CCN(Cc1cccnc1C(N)=S)C(C)COC. The summed E-state index contributed by atoms with van der Waals surface area (Å²) in [7, 11) is 1.72. The average Bonchev–Trinajstić information content (AvgIpc) is 2.36. The maximum Gasteiger partial charge on any atom is 0.123 e. The number of nitrogens with two attached hydrogens (primary N) is 1. The molecule has 0 spiro atoms. The fourth-order valence-electron chi connectivity index (χ4n) is 1.93. The van der Waals surface area contributed by atoms with Crippen molar-refractivity contribution in [2.24, 2.45) is 5.73 Å². The van der Waals surface area contributed by atoms with Gasteiger partial charge >= 0.3 is 0 Å². The van der Waals surface area contributed by atoms with Gasteiger partial charge in [-0.15, -0.1) is 0 Å². The van der Waals surface area contributed by atoms with E-state index in [0.29, 0.717) is 17.6 Å². The van der Waals surface area contributed by atoms with E-state index in [9.17, 15) is 0 Å². The van der Waals surface area contributed by atoms with Gasteiger partial charge in [0.25, 0.3) is 0 Å². The third-order valence-electron chi connectivity index (χ3n) is 2.94. The Labute approximate surface area is 114 Å². The summed E-state index contributed by atoms with van der Waals surface area (Å²) in [6, 6.07) is 4.27. The van der Waals surface area contributed by atoms with Gasteiger partial charge in [0.05, 0.1) is 6.61 Å². The Bertz CT molecular complexity index is 398. The number of likely N-dealkylation sites (N-methyl/N-ethyl adjacent to an activating group) is 1. The molecule has 0 saturated heterocycles. The maximum atomic E-state index is 5.69. The number of ether oxygens (including phenoxy) is 1. The molecular weight excluding hydrogens is 246 g/mol. The van der Waals surface area contributed by atoms with E-state index in [-0.39, 0.29) is 0 Å². The van der Waals surface area contributed by atoms with Crippen LogP contribution in [0.25, 0.3) is 0 Å². The predicted octanol–water partition coefficient (Wildman–Crippen LogP) is 1.57. The molecule has 0 aliphatic heterocycles. The van der Waals surface area contributed by atoms with Crippen molar-refractivity contribution in [3.63, 3.8) is 0 Å². The molecule has 0 saturated carbocycles. The van der Waals surface area contributed by atoms with E-state index < -0.39 is 0 Å². The second kappa shape index (κ2) is 7.41. The van der Waals surface area contributed by atoms with Gasteiger partial charge in [0.15, 0.2) is 0 Å². The first-order valence-corrected chi connectivity index (χ1v) is 6.47. The van der Waals surface area contributed by atoms with Crippen molar-refractivity contribution in [2.75, 3.05) is 20.3 Å². The Balaban J connectivity index is 2.84. The molecule has 0 radical (unpaired) electrons. The Kier molecular flexibility index (Phi) is 6.18. The van der Waals surface area contributed by atoms with Gasteiger partial charge in [0, 0.05) is 25.9 Å². The molecular formula is C13H21N3OS. The molecule has 18 heavy (non-hydrogen) atoms. The van der Waals surface area contributed by atoms with E-state index in [1.54, 1.807) is 13.3 Å². The van der Waals surface area contributed by atoms with Gasteiger partial charge in [0.2, 0.25) is 0 Å². The molecule has 0 bridgehead atoms. The topological polar surface area (TPSA) is 51.4 Å². The summed E-state index contributed by atoms with van der Waals surface area (Å²) in [5.41, 5.74) is 7.48. The number of thiocarbonyl (C=S) groups is 1. The van der Waals surface area contributed by atoms with Gasteiger partial charge in [-0.3, -0.25) is 9.88 Å². The van der Waals surface area contributed by atoms with E-state index in [1.807, 2.05) is 12.1 Å². The zero-order valence-electron chi connectivity index (χ0n) is 11.2. The first-order chi connectivity index (χ1) is 8.60. The largest absolute Gasteiger partial charge is 0.388 e. The molecule has 0 aliphatic rings. The van der Waals surface area contributed by atoms with Crippen LogP contribution in [-0.2, 0) is 11.3 Å². The van der Waals surface area contributed by atoms with Crippen LogP contribution in [0.4, 0.5) is 0 Å². The van der Waals surface area contributed by atoms with Crippen LogP contribution in [0.1, 0.15) is 25.1 Å². The number of hydrogen-bond donors (Lipinski definition) is 1. The average molecular weight is 267 g/mol. The molecule has 4 nitrogen and oxygen atoms in total. The lowest BCUT2D eigenvalue weighted by atomic mass is 10.1. The lowest BCUT2D eigenvalue weighted by molar-refractivity contribution is 0.0981. The zero-order chi connectivity index (χ0) is 13.5. The van der Waals surface area contributed by atoms with Gasteiger partial charge in [-0.25, -0.2) is 0 Å². The number of methoxy groups -OCH3 is 1. The van der Waals surface area contributed by atoms with E-state index in [0.717, 1.165) is 24.3 Å². The number of aromatic nitrogens is 1. The van der Waals surface area contributed by atoms with Crippen molar-refractivity contribution >= 4 is 17.2 Å². The lowest BCUT2D eigenvalue weighted by Crippen LogP contribution is -2.36. The number of hydrogen-bond acceptors (Lipinski definition) is 4. The van der Waals surface area contributed by atoms with Crippen molar-refractivity contribution in [3.8, 4) is 0 Å². The third-order valence-corrected chi connectivity index (χ3v) is 3.13. The van der Waals surface area contributed by atoms with E-state index in [1.165, 1.54) is 0 Å². The molecule has 5 heteroatoms. The van der Waals surface area contributed by atoms with Crippen molar-refractivity contribution in [3.05, 3.63) is 29.6 Å². The predicted molar refractivity (Wildman–Crippen MR) is 77.5 cm³/mol. The standard InChI is InChI=1S/C13H21N3OS/c1-4-16(10(2)9-17-3)8-11-6-5-7-15-12(11)13(14)18/h5-7,10H,4,8-9H2,1-3H3,(H2,14,18). The number of nitrogens with zero attached hydrogens (tertiary/aromatic N) is 2. The Hall–Kier alpha value is -1.04. The first-order valence-electron chi connectivity index (χ1n) is 6.06. The van der Waals surface area contributed by atoms with Crippen LogP contribution < -0.4 is 5.73 Å². The second-order valence-electron chi connectivity index (χ2n) is 4.24. The van der Waals surface area contributed by atoms with Gasteiger partial charge in [-0.2, -0.15) is 0 Å². The fourth-order valence-corrected chi connectivity index (χ4v) is 2.12. The van der Waals surface area contributed by atoms with Crippen LogP contribution in [0, 0.1) is 0 Å². The van der Waals surface area contributed by atoms with Gasteiger partial charge < -0.3 is 10.5 Å². The van der Waals surface area contributed by atoms with Crippen LogP contribution in [-0.4, -0.2) is 41.2 Å². The van der Waals surface area contributed by atoms with E-state index in [2.05, 4.69) is 23.7 Å². The minimum atomic E-state index is 0.347. The summed E-state index contributed by atoms with van der Waals surface area (Å²) in [5.74, 6) is 0. The highest BCUT2D eigenvalue weighted by molar-refractivity contribution is 7.80. The van der Waals surface area contributed by atoms with Crippen molar-refractivity contribution in [1.29, 1.82) is 0 Å². The molecule has 0 fully saturated rings. The Morgan fingerprint density at radius 2 is 2.33 bits per heavy atom. The quantitative estimate of drug-likeness (QED) is 0.760. The molecule has 2 N–H and O–H groups in total. The normalized spacial score (nSPS) is 12.7. The third kappa shape index (κ3) is 4.01. The van der Waals surface area contributed by atoms with Crippen LogP contribution >= 0.6 is 12.2 Å². The summed E-state index contributed by atoms with van der Waals surface area (Å²) in [6.45, 7) is 6.70. The Morgan fingerprint density at radius 3 is 2.89 bits per heavy atom. The minimum Gasteiger partial charge on any atom is -0.388 e. The van der Waals surface area contributed by atoms with Crippen molar-refractivity contribution in [2.45, 2.75) is 26.4 Å². The van der Waals surface area contributed by atoms with Crippen LogP contribution in [0.3, 0.4) is 0 Å². The van der Waals surface area contributed by atoms with Gasteiger partial charge in [-0.1, -0.05) is 25.2 Å². The molecule has 1 atom stereocenters. The highest BCUT2D eigenvalue weighted by Crippen LogP contribution is 2.11. The lowest BCUT2D eigenvalue weighted by Gasteiger charge is -2.27. The van der Waals surface area contributed by atoms with E-state index >= 15 is 0 Å². The molecule has 100 valence electrons. The maximum absolute atomic E-state index is 5.69. The van der Waals surface area contributed by atoms with Gasteiger partial charge in [-0.05, 0) is 25.1 Å². The second-order valence-corrected chi connectivity index (χ2v) is 4.68. The summed E-state index contributed by atoms with van der Waals surface area (Å²) in [6.07, 6.45) is 1.72. The molecule has 1 unspecified atom stereocenters. The summed E-state index contributed by atoms with van der Waals surface area (Å²) < 4.78 is 5.19. The molecule has 1 aromatic rings. The van der Waals surface area contributed by atoms with Crippen molar-refractivity contribution < 1.29 is 4.74 Å². The molecule has 1 aromatic heterocycles.